The number of hydrogen-bond acceptors (Lipinski definition) is 6. The largest absolute Gasteiger partial charge is 0.494 e. The Morgan fingerprint density at radius 1 is 0.953 bits per heavy atom. The highest BCUT2D eigenvalue weighted by Gasteiger charge is 2.33. The molecule has 232 valence electrons. The van der Waals surface area contributed by atoms with E-state index in [1.807, 2.05) is 27.0 Å². The molecule has 0 aliphatic carbocycles. The predicted octanol–water partition coefficient (Wildman–Crippen LogP) is 6.50. The summed E-state index contributed by atoms with van der Waals surface area (Å²) in [4.78, 5) is 29.5. The van der Waals surface area contributed by atoms with Gasteiger partial charge < -0.3 is 15.0 Å². The van der Waals surface area contributed by atoms with Gasteiger partial charge in [0.15, 0.2) is 0 Å². The Hall–Kier alpha value is -2.92. The third-order valence-electron chi connectivity index (χ3n) is 6.60. The van der Waals surface area contributed by atoms with Crippen molar-refractivity contribution in [1.29, 1.82) is 0 Å². The molecule has 0 aliphatic heterocycles. The lowest BCUT2D eigenvalue weighted by molar-refractivity contribution is -0.139. The fourth-order valence-electron chi connectivity index (χ4n) is 4.17. The molecule has 2 amide bonds. The normalized spacial score (nSPS) is 12.1. The van der Waals surface area contributed by atoms with Gasteiger partial charge in [-0.15, -0.1) is 11.8 Å². The fourth-order valence-corrected chi connectivity index (χ4v) is 6.51. The number of nitrogens with one attached hydrogen (secondary N) is 1. The maximum atomic E-state index is 14.1. The number of hydrogen-bond donors (Lipinski definition) is 1. The minimum absolute atomic E-state index is 0.0235. The zero-order valence-corrected chi connectivity index (χ0v) is 28.0. The third kappa shape index (κ3) is 9.04. The van der Waals surface area contributed by atoms with Gasteiger partial charge in [-0.2, -0.15) is 0 Å². The van der Waals surface area contributed by atoms with Crippen LogP contribution in [0.15, 0.2) is 76.5 Å². The smallest absolute Gasteiger partial charge is 0.264 e. The highest BCUT2D eigenvalue weighted by Crippen LogP contribution is 2.30. The molecule has 0 bridgehead atoms. The van der Waals surface area contributed by atoms with Crippen LogP contribution in [0.5, 0.6) is 5.75 Å². The minimum atomic E-state index is -4.21. The molecule has 0 unspecified atom stereocenters. The second-order valence-corrected chi connectivity index (χ2v) is 13.7. The Labute approximate surface area is 268 Å². The van der Waals surface area contributed by atoms with Crippen molar-refractivity contribution in [3.05, 3.63) is 82.3 Å². The van der Waals surface area contributed by atoms with Gasteiger partial charge in [0.1, 0.15) is 18.3 Å². The Balaban J connectivity index is 2.06. The zero-order chi connectivity index (χ0) is 31.7. The van der Waals surface area contributed by atoms with Crippen molar-refractivity contribution in [3.8, 4) is 5.75 Å². The van der Waals surface area contributed by atoms with E-state index in [2.05, 4.69) is 5.32 Å². The number of benzene rings is 3. The molecule has 0 aliphatic rings. The van der Waals surface area contributed by atoms with Gasteiger partial charge in [0.2, 0.25) is 11.8 Å². The van der Waals surface area contributed by atoms with Crippen LogP contribution in [0.25, 0.3) is 0 Å². The summed E-state index contributed by atoms with van der Waals surface area (Å²) >= 11 is 14.4. The lowest BCUT2D eigenvalue weighted by Crippen LogP contribution is -2.51. The van der Waals surface area contributed by atoms with Crippen molar-refractivity contribution in [1.82, 2.24) is 10.2 Å². The molecule has 0 saturated carbocycles. The van der Waals surface area contributed by atoms with Crippen molar-refractivity contribution in [2.24, 2.45) is 5.92 Å². The van der Waals surface area contributed by atoms with E-state index in [4.69, 9.17) is 27.9 Å². The number of nitrogens with zero attached hydrogens (tertiary/aromatic N) is 2. The SMILES string of the molecule is CCOc1ccc(N(CC(=O)N(Cc2c(Cl)cccc2Cl)[C@@H](C)C(=O)NCC(C)C)S(=O)(=O)c2ccc(SC)cc2)cc1. The van der Waals surface area contributed by atoms with E-state index in [0.717, 1.165) is 9.20 Å². The number of sulfonamides is 1. The highest BCUT2D eigenvalue weighted by molar-refractivity contribution is 7.98. The van der Waals surface area contributed by atoms with E-state index in [9.17, 15) is 18.0 Å². The quantitative estimate of drug-likeness (QED) is 0.198. The minimum Gasteiger partial charge on any atom is -0.494 e. The Morgan fingerprint density at radius 2 is 1.56 bits per heavy atom. The predicted molar refractivity (Wildman–Crippen MR) is 175 cm³/mol. The van der Waals surface area contributed by atoms with Crippen LogP contribution in [-0.2, 0) is 26.2 Å². The lowest BCUT2D eigenvalue weighted by atomic mass is 10.1. The summed E-state index contributed by atoms with van der Waals surface area (Å²) in [6.45, 7) is 7.53. The second-order valence-electron chi connectivity index (χ2n) is 10.2. The van der Waals surface area contributed by atoms with Gasteiger partial charge in [-0.3, -0.25) is 13.9 Å². The van der Waals surface area contributed by atoms with Crippen LogP contribution in [0, 0.1) is 5.92 Å². The summed E-state index contributed by atoms with van der Waals surface area (Å²) in [6.07, 6.45) is 1.90. The van der Waals surface area contributed by atoms with E-state index in [-0.39, 0.29) is 29.0 Å². The number of thioether (sulfide) groups is 1. The van der Waals surface area contributed by atoms with Crippen molar-refractivity contribution in [2.45, 2.75) is 50.1 Å². The van der Waals surface area contributed by atoms with Gasteiger partial charge in [-0.25, -0.2) is 8.42 Å². The molecule has 0 radical (unpaired) electrons. The molecule has 0 spiro atoms. The maximum absolute atomic E-state index is 14.1. The van der Waals surface area contributed by atoms with Crippen LogP contribution in [0.3, 0.4) is 0 Å². The Morgan fingerprint density at radius 3 is 2.09 bits per heavy atom. The average molecular weight is 667 g/mol. The van der Waals surface area contributed by atoms with Crippen LogP contribution in [0.4, 0.5) is 5.69 Å². The van der Waals surface area contributed by atoms with Crippen LogP contribution < -0.4 is 14.4 Å². The first-order chi connectivity index (χ1) is 20.4. The number of anilines is 1. The number of carbonyl (C=O) groups is 2. The van der Waals surface area contributed by atoms with Crippen molar-refractivity contribution >= 4 is 62.5 Å². The Kier molecular flexibility index (Phi) is 12.6. The topological polar surface area (TPSA) is 96.0 Å². The summed E-state index contributed by atoms with van der Waals surface area (Å²) in [5.41, 5.74) is 0.712. The van der Waals surface area contributed by atoms with Gasteiger partial charge >= 0.3 is 0 Å². The molecular weight excluding hydrogens is 629 g/mol. The van der Waals surface area contributed by atoms with E-state index < -0.39 is 28.5 Å². The summed E-state index contributed by atoms with van der Waals surface area (Å²) in [6, 6.07) is 16.9. The first-order valence-electron chi connectivity index (χ1n) is 13.8. The summed E-state index contributed by atoms with van der Waals surface area (Å²) in [7, 11) is -4.21. The molecule has 12 heteroatoms. The van der Waals surface area contributed by atoms with Gasteiger partial charge in [-0.1, -0.05) is 43.1 Å². The number of carbonyl (C=O) groups excluding carboxylic acids is 2. The van der Waals surface area contributed by atoms with Crippen molar-refractivity contribution < 1.29 is 22.7 Å². The maximum Gasteiger partial charge on any atom is 0.264 e. The van der Waals surface area contributed by atoms with Gasteiger partial charge in [0.25, 0.3) is 10.0 Å². The monoisotopic (exact) mass is 665 g/mol. The third-order valence-corrected chi connectivity index (χ3v) is 9.84. The Bertz CT molecular complexity index is 1480. The summed E-state index contributed by atoms with van der Waals surface area (Å²) in [5, 5.41) is 3.50. The molecule has 0 heterocycles. The molecule has 1 N–H and O–H groups in total. The van der Waals surface area contributed by atoms with Crippen molar-refractivity contribution in [3.63, 3.8) is 0 Å². The number of ether oxygens (including phenoxy) is 1. The number of halogens is 2. The van der Waals surface area contributed by atoms with E-state index in [1.54, 1.807) is 61.5 Å². The average Bonchev–Trinajstić information content (AvgIpc) is 2.98. The van der Waals surface area contributed by atoms with Crippen molar-refractivity contribution in [2.75, 3.05) is 30.3 Å². The van der Waals surface area contributed by atoms with Crippen LogP contribution in [0.2, 0.25) is 10.0 Å². The summed E-state index contributed by atoms with van der Waals surface area (Å²) in [5.74, 6) is -0.240. The van der Waals surface area contributed by atoms with E-state index in [1.165, 1.54) is 28.8 Å². The molecule has 0 aromatic heterocycles. The van der Waals surface area contributed by atoms with Crippen LogP contribution in [-0.4, -0.2) is 57.1 Å². The van der Waals surface area contributed by atoms with Gasteiger partial charge in [0, 0.05) is 33.6 Å². The van der Waals surface area contributed by atoms with E-state index in [0.29, 0.717) is 34.5 Å². The molecule has 0 saturated heterocycles. The van der Waals surface area contributed by atoms with Crippen LogP contribution >= 0.6 is 35.0 Å². The molecule has 3 rings (SSSR count). The van der Waals surface area contributed by atoms with Gasteiger partial charge in [0.05, 0.1) is 17.2 Å². The lowest BCUT2D eigenvalue weighted by Gasteiger charge is -2.32. The van der Waals surface area contributed by atoms with Crippen LogP contribution in [0.1, 0.15) is 33.3 Å². The fraction of sp³-hybridized carbons (Fsp3) is 0.355. The molecular formula is C31H37Cl2N3O5S2. The zero-order valence-electron chi connectivity index (χ0n) is 24.8. The summed E-state index contributed by atoms with van der Waals surface area (Å²) < 4.78 is 34.7. The molecule has 43 heavy (non-hydrogen) atoms. The molecule has 8 nitrogen and oxygen atoms in total. The number of rotatable bonds is 14. The molecule has 0 fully saturated rings. The standard InChI is InChI=1S/C31H37Cl2N3O5S2/c1-6-41-24-12-10-23(11-13-24)36(43(39,40)26-16-14-25(42-5)15-17-26)20-30(37)35(22(4)31(38)34-18-21(2)3)19-27-28(32)8-7-9-29(27)33/h7-17,21-22H,6,18-20H2,1-5H3,(H,34,38)/t22-/m0/s1. The second kappa shape index (κ2) is 15.7. The first kappa shape index (κ1) is 34.6. The van der Waals surface area contributed by atoms with Gasteiger partial charge in [-0.05, 0) is 86.7 Å². The first-order valence-corrected chi connectivity index (χ1v) is 17.2. The number of amides is 2. The molecule has 3 aromatic rings. The highest BCUT2D eigenvalue weighted by atomic mass is 35.5. The molecule has 1 atom stereocenters. The van der Waals surface area contributed by atoms with E-state index >= 15 is 0 Å². The molecule has 3 aromatic carbocycles.